The molecule has 1 atom stereocenters. The highest BCUT2D eigenvalue weighted by molar-refractivity contribution is 6.46. The number of rotatable bonds is 6. The average Bonchev–Trinajstić information content (AvgIpc) is 3.01. The molecular weight excluding hydrogens is 392 g/mol. The molecule has 0 saturated carbocycles. The van der Waals surface area contributed by atoms with E-state index < -0.39 is 17.7 Å². The molecule has 6 heteroatoms. The van der Waals surface area contributed by atoms with Crippen LogP contribution < -0.4 is 10.5 Å². The molecule has 0 radical (unpaired) electrons. The largest absolute Gasteiger partial charge is 0.507 e. The van der Waals surface area contributed by atoms with Crippen molar-refractivity contribution in [3.8, 4) is 5.75 Å². The van der Waals surface area contributed by atoms with E-state index in [1.165, 1.54) is 4.90 Å². The maximum absolute atomic E-state index is 13.0. The SMILES string of the molecule is COc1ccc(C(O)=C2C(=O)C(=O)N(CCCN)C2c2ccc(C(C)(C)C)cc2)cc1. The third-order valence-electron chi connectivity index (χ3n) is 5.60. The number of benzene rings is 2. The van der Waals surface area contributed by atoms with Crippen molar-refractivity contribution in [1.29, 1.82) is 0 Å². The van der Waals surface area contributed by atoms with Crippen molar-refractivity contribution in [2.75, 3.05) is 20.2 Å². The molecule has 2 aromatic carbocycles. The minimum absolute atomic E-state index is 0.0248. The maximum Gasteiger partial charge on any atom is 0.295 e. The van der Waals surface area contributed by atoms with Crippen molar-refractivity contribution in [3.05, 3.63) is 70.8 Å². The van der Waals surface area contributed by atoms with Gasteiger partial charge >= 0.3 is 0 Å². The molecule has 1 heterocycles. The van der Waals surface area contributed by atoms with E-state index >= 15 is 0 Å². The van der Waals surface area contributed by atoms with Crippen LogP contribution in [0.4, 0.5) is 0 Å². The summed E-state index contributed by atoms with van der Waals surface area (Å²) in [6.45, 7) is 7.11. The molecule has 1 fully saturated rings. The van der Waals surface area contributed by atoms with Crippen LogP contribution in [0.3, 0.4) is 0 Å². The highest BCUT2D eigenvalue weighted by atomic mass is 16.5. The molecule has 1 aliphatic rings. The second-order valence-electron chi connectivity index (χ2n) is 8.74. The van der Waals surface area contributed by atoms with Gasteiger partial charge in [-0.1, -0.05) is 45.0 Å². The highest BCUT2D eigenvalue weighted by Crippen LogP contribution is 2.40. The van der Waals surface area contributed by atoms with Gasteiger partial charge in [0.15, 0.2) is 0 Å². The molecule has 2 aromatic rings. The van der Waals surface area contributed by atoms with E-state index in [9.17, 15) is 14.7 Å². The number of ketones is 1. The zero-order valence-electron chi connectivity index (χ0n) is 18.5. The molecule has 0 aliphatic carbocycles. The van der Waals surface area contributed by atoms with Crippen molar-refractivity contribution >= 4 is 17.4 Å². The molecule has 31 heavy (non-hydrogen) atoms. The number of carbonyl (C=O) groups excluding carboxylic acids is 2. The summed E-state index contributed by atoms with van der Waals surface area (Å²) >= 11 is 0. The van der Waals surface area contributed by atoms with Crippen molar-refractivity contribution < 1.29 is 19.4 Å². The first kappa shape index (κ1) is 22.6. The molecule has 1 unspecified atom stereocenters. The van der Waals surface area contributed by atoms with E-state index in [0.717, 1.165) is 11.1 Å². The van der Waals surface area contributed by atoms with Gasteiger partial charge in [-0.05, 0) is 53.8 Å². The zero-order valence-corrected chi connectivity index (χ0v) is 18.5. The maximum atomic E-state index is 13.0. The summed E-state index contributed by atoms with van der Waals surface area (Å²) in [5.74, 6) is -0.862. The van der Waals surface area contributed by atoms with E-state index in [1.807, 2.05) is 24.3 Å². The fourth-order valence-corrected chi connectivity index (χ4v) is 3.79. The molecule has 3 N–H and O–H groups in total. The summed E-state index contributed by atoms with van der Waals surface area (Å²) in [7, 11) is 1.55. The number of carbonyl (C=O) groups is 2. The summed E-state index contributed by atoms with van der Waals surface area (Å²) in [6, 6.07) is 13.9. The Morgan fingerprint density at radius 2 is 1.68 bits per heavy atom. The third-order valence-corrected chi connectivity index (χ3v) is 5.60. The van der Waals surface area contributed by atoms with Gasteiger partial charge in [-0.15, -0.1) is 0 Å². The Balaban J connectivity index is 2.12. The van der Waals surface area contributed by atoms with Crippen LogP contribution in [0.5, 0.6) is 5.75 Å². The van der Waals surface area contributed by atoms with Crippen LogP contribution in [-0.4, -0.2) is 41.9 Å². The highest BCUT2D eigenvalue weighted by Gasteiger charge is 2.45. The van der Waals surface area contributed by atoms with Crippen LogP contribution >= 0.6 is 0 Å². The Kier molecular flexibility index (Phi) is 6.51. The van der Waals surface area contributed by atoms with Gasteiger partial charge in [0.2, 0.25) is 0 Å². The lowest BCUT2D eigenvalue weighted by Crippen LogP contribution is -2.31. The topological polar surface area (TPSA) is 92.9 Å². The van der Waals surface area contributed by atoms with E-state index in [-0.39, 0.29) is 16.7 Å². The van der Waals surface area contributed by atoms with Gasteiger partial charge in [0.1, 0.15) is 11.5 Å². The van der Waals surface area contributed by atoms with Gasteiger partial charge in [0, 0.05) is 12.1 Å². The number of nitrogens with two attached hydrogens (primary N) is 1. The molecule has 164 valence electrons. The summed E-state index contributed by atoms with van der Waals surface area (Å²) < 4.78 is 5.16. The van der Waals surface area contributed by atoms with E-state index in [2.05, 4.69) is 20.8 Å². The second kappa shape index (κ2) is 8.94. The van der Waals surface area contributed by atoms with Gasteiger partial charge in [-0.3, -0.25) is 9.59 Å². The van der Waals surface area contributed by atoms with E-state index in [1.54, 1.807) is 31.4 Å². The minimum Gasteiger partial charge on any atom is -0.507 e. The molecule has 1 aliphatic heterocycles. The van der Waals surface area contributed by atoms with E-state index in [4.69, 9.17) is 10.5 Å². The Labute approximate surface area is 183 Å². The van der Waals surface area contributed by atoms with Crippen LogP contribution in [0, 0.1) is 0 Å². The fraction of sp³-hybridized carbons (Fsp3) is 0.360. The number of aliphatic hydroxyl groups is 1. The Morgan fingerprint density at radius 3 is 2.19 bits per heavy atom. The number of Topliss-reactive ketones (excluding diaryl/α,β-unsaturated/α-hetero) is 1. The summed E-state index contributed by atoms with van der Waals surface area (Å²) in [6.07, 6.45) is 0.562. The number of nitrogens with zero attached hydrogens (tertiary/aromatic N) is 1. The van der Waals surface area contributed by atoms with Gasteiger partial charge in [0.25, 0.3) is 11.7 Å². The molecule has 1 saturated heterocycles. The second-order valence-corrected chi connectivity index (χ2v) is 8.74. The monoisotopic (exact) mass is 422 g/mol. The number of methoxy groups -OCH3 is 1. The number of likely N-dealkylation sites (tertiary alicyclic amines) is 1. The zero-order chi connectivity index (χ0) is 22.8. The standard InChI is InChI=1S/C25H30N2O4/c1-25(2,3)18-10-6-16(7-11-18)21-20(23(29)24(30)27(21)15-5-14-26)22(28)17-8-12-19(31-4)13-9-17/h6-13,21,28H,5,14-15,26H2,1-4H3. The Hall–Kier alpha value is -3.12. The summed E-state index contributed by atoms with van der Waals surface area (Å²) in [4.78, 5) is 27.3. The number of hydrogen-bond acceptors (Lipinski definition) is 5. The van der Waals surface area contributed by atoms with Gasteiger partial charge in [-0.2, -0.15) is 0 Å². The van der Waals surface area contributed by atoms with Crippen molar-refractivity contribution in [2.45, 2.75) is 38.6 Å². The van der Waals surface area contributed by atoms with Crippen LogP contribution in [0.2, 0.25) is 0 Å². The van der Waals surface area contributed by atoms with E-state index in [0.29, 0.717) is 30.8 Å². The number of hydrogen-bond donors (Lipinski definition) is 2. The lowest BCUT2D eigenvalue weighted by Gasteiger charge is -2.26. The molecule has 0 spiro atoms. The molecule has 0 aromatic heterocycles. The third kappa shape index (κ3) is 4.49. The first-order valence-corrected chi connectivity index (χ1v) is 10.4. The number of amides is 1. The fourth-order valence-electron chi connectivity index (χ4n) is 3.79. The Bertz CT molecular complexity index is 986. The summed E-state index contributed by atoms with van der Waals surface area (Å²) in [5, 5.41) is 11.0. The quantitative estimate of drug-likeness (QED) is 0.420. The molecular formula is C25H30N2O4. The summed E-state index contributed by atoms with van der Waals surface area (Å²) in [5.41, 5.74) is 8.10. The average molecular weight is 423 g/mol. The normalized spacial score (nSPS) is 18.5. The number of aliphatic hydroxyl groups excluding tert-OH is 1. The van der Waals surface area contributed by atoms with Crippen molar-refractivity contribution in [2.24, 2.45) is 5.73 Å². The first-order valence-electron chi connectivity index (χ1n) is 10.4. The number of ether oxygens (including phenoxy) is 1. The molecule has 0 bridgehead atoms. The van der Waals surface area contributed by atoms with Crippen molar-refractivity contribution in [1.82, 2.24) is 4.90 Å². The predicted molar refractivity (Wildman–Crippen MR) is 121 cm³/mol. The lowest BCUT2D eigenvalue weighted by molar-refractivity contribution is -0.139. The first-order chi connectivity index (χ1) is 14.7. The molecule has 3 rings (SSSR count). The smallest absolute Gasteiger partial charge is 0.295 e. The predicted octanol–water partition coefficient (Wildman–Crippen LogP) is 3.76. The van der Waals surface area contributed by atoms with Crippen LogP contribution in [0.15, 0.2) is 54.1 Å². The van der Waals surface area contributed by atoms with Crippen LogP contribution in [0.25, 0.3) is 5.76 Å². The van der Waals surface area contributed by atoms with Crippen LogP contribution in [-0.2, 0) is 15.0 Å². The van der Waals surface area contributed by atoms with Crippen LogP contribution in [0.1, 0.15) is 49.9 Å². The van der Waals surface area contributed by atoms with Gasteiger partial charge in [0.05, 0.1) is 18.7 Å². The molecule has 6 nitrogen and oxygen atoms in total. The lowest BCUT2D eigenvalue weighted by atomic mass is 9.85. The Morgan fingerprint density at radius 1 is 1.06 bits per heavy atom. The minimum atomic E-state index is -0.685. The molecule has 1 amide bonds. The van der Waals surface area contributed by atoms with Crippen molar-refractivity contribution in [3.63, 3.8) is 0 Å². The van der Waals surface area contributed by atoms with Gasteiger partial charge < -0.3 is 20.5 Å². The van der Waals surface area contributed by atoms with Gasteiger partial charge in [-0.25, -0.2) is 0 Å².